The fraction of sp³-hybridized carbons (Fsp3) is 0. The lowest BCUT2D eigenvalue weighted by Crippen LogP contribution is -2.21. The Kier molecular flexibility index (Phi) is 4.07. The number of anilines is 1. The Morgan fingerprint density at radius 3 is 2.81 bits per heavy atom. The van der Waals surface area contributed by atoms with Crippen LogP contribution in [0.25, 0.3) is 5.69 Å². The molecule has 2 aromatic heterocycles. The van der Waals surface area contributed by atoms with Crippen molar-refractivity contribution in [3.63, 3.8) is 0 Å². The number of allylic oxidation sites excluding steroid dienone is 2. The third-order valence-corrected chi connectivity index (χ3v) is 4.01. The maximum Gasteiger partial charge on any atom is 0.148 e. The molecule has 1 aliphatic rings. The van der Waals surface area contributed by atoms with Crippen LogP contribution in [-0.4, -0.2) is 20.5 Å². The molecule has 7 heteroatoms. The van der Waals surface area contributed by atoms with E-state index in [2.05, 4.69) is 27.8 Å². The van der Waals surface area contributed by atoms with Crippen LogP contribution in [0.2, 0.25) is 0 Å². The van der Waals surface area contributed by atoms with Crippen LogP contribution in [0, 0.1) is 17.1 Å². The standard InChI is InChI=1S/C20H13FN6/c1-14-7-9-26(16-10-15(11-22)12-23-13-16)25-20(14)19-6-8-24-27(19)18-5-3-2-4-17(18)21/h2-10,12-13H,1H2. The predicted molar refractivity (Wildman–Crippen MR) is 99.8 cm³/mol. The van der Waals surface area contributed by atoms with Crippen molar-refractivity contribution >= 4 is 11.4 Å². The lowest BCUT2D eigenvalue weighted by molar-refractivity contribution is 0.610. The molecule has 0 spiro atoms. The van der Waals surface area contributed by atoms with Crippen LogP contribution in [0.15, 0.2) is 84.5 Å². The molecule has 3 heterocycles. The van der Waals surface area contributed by atoms with Gasteiger partial charge in [0, 0.05) is 12.4 Å². The van der Waals surface area contributed by atoms with Crippen LogP contribution >= 0.6 is 0 Å². The van der Waals surface area contributed by atoms with Gasteiger partial charge < -0.3 is 0 Å². The minimum atomic E-state index is -0.386. The van der Waals surface area contributed by atoms with Crippen molar-refractivity contribution in [3.05, 3.63) is 96.5 Å². The Morgan fingerprint density at radius 2 is 2.00 bits per heavy atom. The van der Waals surface area contributed by atoms with Crippen molar-refractivity contribution in [2.24, 2.45) is 5.10 Å². The van der Waals surface area contributed by atoms with E-state index in [1.165, 1.54) is 16.9 Å². The molecule has 0 aliphatic carbocycles. The summed E-state index contributed by atoms with van der Waals surface area (Å²) in [5.41, 5.74) is 3.19. The summed E-state index contributed by atoms with van der Waals surface area (Å²) in [4.78, 5) is 4.06. The SMILES string of the molecule is C=C1C=CN(c2cncc(C#N)c2)N=C1c1ccnn1-c1ccccc1F. The maximum atomic E-state index is 14.2. The molecule has 0 atom stereocenters. The van der Waals surface area contributed by atoms with E-state index in [-0.39, 0.29) is 5.82 Å². The number of hydrazone groups is 1. The number of aromatic nitrogens is 3. The van der Waals surface area contributed by atoms with Gasteiger partial charge in [0.15, 0.2) is 0 Å². The molecule has 0 N–H and O–H groups in total. The number of rotatable bonds is 3. The highest BCUT2D eigenvalue weighted by Crippen LogP contribution is 2.24. The number of benzene rings is 1. The molecular formula is C20H13FN6. The van der Waals surface area contributed by atoms with E-state index in [1.807, 2.05) is 0 Å². The summed E-state index contributed by atoms with van der Waals surface area (Å²) in [6.45, 7) is 4.02. The Labute approximate surface area is 154 Å². The summed E-state index contributed by atoms with van der Waals surface area (Å²) in [5, 5.41) is 19.5. The quantitative estimate of drug-likeness (QED) is 0.719. The minimum Gasteiger partial charge on any atom is -0.261 e. The second-order valence-corrected chi connectivity index (χ2v) is 5.76. The van der Waals surface area contributed by atoms with Gasteiger partial charge in [0.1, 0.15) is 23.3 Å². The topological polar surface area (TPSA) is 70.1 Å². The van der Waals surface area contributed by atoms with E-state index in [0.717, 1.165) is 0 Å². The molecule has 0 saturated heterocycles. The normalized spacial score (nSPS) is 13.4. The van der Waals surface area contributed by atoms with Gasteiger partial charge in [-0.15, -0.1) is 0 Å². The van der Waals surface area contributed by atoms with Crippen molar-refractivity contribution in [2.45, 2.75) is 0 Å². The highest BCUT2D eigenvalue weighted by atomic mass is 19.1. The lowest BCUT2D eigenvalue weighted by Gasteiger charge is -2.21. The van der Waals surface area contributed by atoms with Crippen molar-refractivity contribution in [1.82, 2.24) is 14.8 Å². The molecule has 0 fully saturated rings. The largest absolute Gasteiger partial charge is 0.261 e. The van der Waals surface area contributed by atoms with Gasteiger partial charge in [-0.05, 0) is 35.9 Å². The van der Waals surface area contributed by atoms with Gasteiger partial charge in [0.05, 0.1) is 29.3 Å². The molecule has 0 radical (unpaired) electrons. The molecule has 27 heavy (non-hydrogen) atoms. The Bertz CT molecular complexity index is 1140. The minimum absolute atomic E-state index is 0.322. The summed E-state index contributed by atoms with van der Waals surface area (Å²) in [5.74, 6) is -0.386. The molecule has 0 bridgehead atoms. The van der Waals surface area contributed by atoms with Crippen LogP contribution in [-0.2, 0) is 0 Å². The number of nitrogens with zero attached hydrogens (tertiary/aromatic N) is 6. The molecule has 1 aliphatic heterocycles. The highest BCUT2D eigenvalue weighted by molar-refractivity contribution is 6.14. The molecule has 130 valence electrons. The van der Waals surface area contributed by atoms with Crippen LogP contribution in [0.4, 0.5) is 10.1 Å². The Hall–Kier alpha value is -4.05. The van der Waals surface area contributed by atoms with Gasteiger partial charge in [-0.2, -0.15) is 15.5 Å². The highest BCUT2D eigenvalue weighted by Gasteiger charge is 2.20. The first-order valence-electron chi connectivity index (χ1n) is 8.07. The maximum absolute atomic E-state index is 14.2. The number of pyridine rings is 1. The second-order valence-electron chi connectivity index (χ2n) is 5.76. The smallest absolute Gasteiger partial charge is 0.148 e. The monoisotopic (exact) mass is 356 g/mol. The zero-order chi connectivity index (χ0) is 18.8. The van der Waals surface area contributed by atoms with Crippen LogP contribution in [0.1, 0.15) is 11.3 Å². The van der Waals surface area contributed by atoms with Crippen molar-refractivity contribution < 1.29 is 4.39 Å². The van der Waals surface area contributed by atoms with E-state index in [4.69, 9.17) is 5.26 Å². The predicted octanol–water partition coefficient (Wildman–Crippen LogP) is 3.57. The number of nitriles is 1. The molecular weight excluding hydrogens is 343 g/mol. The third kappa shape index (κ3) is 3.00. The van der Waals surface area contributed by atoms with Gasteiger partial charge in [-0.1, -0.05) is 18.7 Å². The summed E-state index contributed by atoms with van der Waals surface area (Å²) >= 11 is 0. The first kappa shape index (κ1) is 16.4. The number of hydrogen-bond donors (Lipinski definition) is 0. The van der Waals surface area contributed by atoms with E-state index in [0.29, 0.717) is 33.9 Å². The fourth-order valence-electron chi connectivity index (χ4n) is 2.72. The fourth-order valence-corrected chi connectivity index (χ4v) is 2.72. The van der Waals surface area contributed by atoms with Gasteiger partial charge in [0.25, 0.3) is 0 Å². The molecule has 4 rings (SSSR count). The van der Waals surface area contributed by atoms with E-state index < -0.39 is 0 Å². The van der Waals surface area contributed by atoms with Gasteiger partial charge in [-0.25, -0.2) is 14.1 Å². The molecule has 1 aromatic carbocycles. The van der Waals surface area contributed by atoms with E-state index in [1.54, 1.807) is 60.0 Å². The molecule has 0 saturated carbocycles. The Balaban J connectivity index is 1.79. The van der Waals surface area contributed by atoms with Crippen LogP contribution in [0.3, 0.4) is 0 Å². The summed E-state index contributed by atoms with van der Waals surface area (Å²) < 4.78 is 15.7. The van der Waals surface area contributed by atoms with Crippen molar-refractivity contribution in [2.75, 3.05) is 5.01 Å². The first-order valence-corrected chi connectivity index (χ1v) is 8.07. The Morgan fingerprint density at radius 1 is 1.15 bits per heavy atom. The summed E-state index contributed by atoms with van der Waals surface area (Å²) in [7, 11) is 0. The van der Waals surface area contributed by atoms with Crippen molar-refractivity contribution in [1.29, 1.82) is 5.26 Å². The molecule has 3 aromatic rings. The third-order valence-electron chi connectivity index (χ3n) is 4.01. The summed E-state index contributed by atoms with van der Waals surface area (Å²) in [6.07, 6.45) is 8.19. The second kappa shape index (κ2) is 6.69. The average Bonchev–Trinajstić information content (AvgIpc) is 3.18. The lowest BCUT2D eigenvalue weighted by atomic mass is 10.1. The van der Waals surface area contributed by atoms with Gasteiger partial charge in [0.2, 0.25) is 0 Å². The molecule has 0 unspecified atom stereocenters. The van der Waals surface area contributed by atoms with Crippen LogP contribution in [0.5, 0.6) is 0 Å². The molecule has 6 nitrogen and oxygen atoms in total. The number of hydrogen-bond acceptors (Lipinski definition) is 5. The van der Waals surface area contributed by atoms with Crippen molar-refractivity contribution in [3.8, 4) is 11.8 Å². The van der Waals surface area contributed by atoms with E-state index in [9.17, 15) is 4.39 Å². The average molecular weight is 356 g/mol. The molecule has 0 amide bonds. The van der Waals surface area contributed by atoms with Crippen LogP contribution < -0.4 is 5.01 Å². The zero-order valence-electron chi connectivity index (χ0n) is 14.1. The van der Waals surface area contributed by atoms with E-state index >= 15 is 0 Å². The van der Waals surface area contributed by atoms with Gasteiger partial charge in [-0.3, -0.25) is 4.98 Å². The van der Waals surface area contributed by atoms with Gasteiger partial charge >= 0.3 is 0 Å². The summed E-state index contributed by atoms with van der Waals surface area (Å²) in [6, 6.07) is 11.9. The number of para-hydroxylation sites is 1. The first-order chi connectivity index (χ1) is 13.2. The zero-order valence-corrected chi connectivity index (χ0v) is 14.1. The number of halogens is 1.